The van der Waals surface area contributed by atoms with E-state index in [2.05, 4.69) is 23.3 Å². The molecule has 1 heterocycles. The second kappa shape index (κ2) is 9.71. The fourth-order valence-corrected chi connectivity index (χ4v) is 2.76. The third-order valence-electron chi connectivity index (χ3n) is 3.98. The van der Waals surface area contributed by atoms with Crippen molar-refractivity contribution in [3.63, 3.8) is 0 Å². The highest BCUT2D eigenvalue weighted by molar-refractivity contribution is 6.30. The first-order chi connectivity index (χ1) is 14.1. The number of nitrogens with zero attached hydrogens (tertiary/aromatic N) is 3. The maximum absolute atomic E-state index is 13.0. The van der Waals surface area contributed by atoms with Crippen molar-refractivity contribution in [1.29, 1.82) is 0 Å². The number of ether oxygens (including phenoxy) is 1. The molecule has 0 bridgehead atoms. The normalized spacial score (nSPS) is 10.4. The average molecular weight is 410 g/mol. The van der Waals surface area contributed by atoms with E-state index in [0.717, 1.165) is 5.56 Å². The van der Waals surface area contributed by atoms with Gasteiger partial charge in [-0.25, -0.2) is 0 Å². The molecular formula is C22H20ClN3O3. The molecule has 29 heavy (non-hydrogen) atoms. The van der Waals surface area contributed by atoms with Crippen LogP contribution in [0.3, 0.4) is 0 Å². The summed E-state index contributed by atoms with van der Waals surface area (Å²) < 4.78 is 10.8. The Balaban J connectivity index is 1.76. The number of carbonyl (C=O) groups excluding carboxylic acids is 1. The Kier molecular flexibility index (Phi) is 6.81. The fourth-order valence-electron chi connectivity index (χ4n) is 2.63. The Labute approximate surface area is 174 Å². The lowest BCUT2D eigenvalue weighted by molar-refractivity contribution is 0.0745. The largest absolute Gasteiger partial charge is 0.490 e. The van der Waals surface area contributed by atoms with Crippen molar-refractivity contribution in [3.8, 4) is 17.1 Å². The van der Waals surface area contributed by atoms with E-state index >= 15 is 0 Å². The van der Waals surface area contributed by atoms with Gasteiger partial charge in [0.25, 0.3) is 5.91 Å². The highest BCUT2D eigenvalue weighted by atomic mass is 35.5. The molecule has 7 heteroatoms. The maximum Gasteiger partial charge on any atom is 0.254 e. The number of carbonyl (C=O) groups is 1. The Morgan fingerprint density at radius 1 is 1.17 bits per heavy atom. The Hall–Kier alpha value is -3.38. The third kappa shape index (κ3) is 5.33. The lowest BCUT2D eigenvalue weighted by Crippen LogP contribution is -2.30. The fraction of sp³-hybridized carbons (Fsp3) is 0.136. The highest BCUT2D eigenvalue weighted by Crippen LogP contribution is 2.20. The Morgan fingerprint density at radius 3 is 2.69 bits per heavy atom. The molecule has 2 aromatic carbocycles. The lowest BCUT2D eigenvalue weighted by atomic mass is 10.2. The van der Waals surface area contributed by atoms with Crippen molar-refractivity contribution >= 4 is 17.5 Å². The molecule has 148 valence electrons. The minimum Gasteiger partial charge on any atom is -0.490 e. The van der Waals surface area contributed by atoms with Crippen LogP contribution in [0.5, 0.6) is 5.75 Å². The van der Waals surface area contributed by atoms with Crippen LogP contribution in [0.15, 0.2) is 78.4 Å². The van der Waals surface area contributed by atoms with E-state index in [1.54, 1.807) is 65.6 Å². The number of hydrogen-bond acceptors (Lipinski definition) is 5. The van der Waals surface area contributed by atoms with E-state index in [1.807, 2.05) is 0 Å². The molecule has 1 aromatic heterocycles. The van der Waals surface area contributed by atoms with Gasteiger partial charge < -0.3 is 14.2 Å². The molecule has 0 aliphatic carbocycles. The molecule has 0 unspecified atom stereocenters. The molecule has 0 N–H and O–H groups in total. The van der Waals surface area contributed by atoms with Gasteiger partial charge in [0.2, 0.25) is 11.7 Å². The molecule has 0 aliphatic heterocycles. The molecule has 1 amide bonds. The zero-order valence-electron chi connectivity index (χ0n) is 15.8. The molecule has 0 atom stereocenters. The van der Waals surface area contributed by atoms with Gasteiger partial charge in [-0.3, -0.25) is 4.79 Å². The summed E-state index contributed by atoms with van der Waals surface area (Å²) in [7, 11) is 0. The first-order valence-electron chi connectivity index (χ1n) is 8.93. The summed E-state index contributed by atoms with van der Waals surface area (Å²) in [4.78, 5) is 18.9. The molecule has 6 nitrogen and oxygen atoms in total. The van der Waals surface area contributed by atoms with Gasteiger partial charge in [-0.1, -0.05) is 41.6 Å². The van der Waals surface area contributed by atoms with E-state index in [9.17, 15) is 4.79 Å². The van der Waals surface area contributed by atoms with Gasteiger partial charge in [0.05, 0.1) is 0 Å². The van der Waals surface area contributed by atoms with E-state index in [-0.39, 0.29) is 12.5 Å². The predicted octanol–water partition coefficient (Wildman–Crippen LogP) is 4.78. The smallest absolute Gasteiger partial charge is 0.254 e. The zero-order chi connectivity index (χ0) is 20.6. The monoisotopic (exact) mass is 409 g/mol. The Bertz CT molecular complexity index is 999. The van der Waals surface area contributed by atoms with Crippen molar-refractivity contribution in [1.82, 2.24) is 15.0 Å². The summed E-state index contributed by atoms with van der Waals surface area (Å²) in [5.41, 5.74) is 1.27. The van der Waals surface area contributed by atoms with Crippen molar-refractivity contribution in [3.05, 3.63) is 90.3 Å². The molecule has 0 saturated heterocycles. The topological polar surface area (TPSA) is 68.5 Å². The molecule has 3 aromatic rings. The molecular weight excluding hydrogens is 390 g/mol. The third-order valence-corrected chi connectivity index (χ3v) is 4.23. The first kappa shape index (κ1) is 20.4. The van der Waals surface area contributed by atoms with Gasteiger partial charge >= 0.3 is 0 Å². The average Bonchev–Trinajstić information content (AvgIpc) is 3.20. The SMILES string of the molecule is C=CCOc1cccc(C(=O)N(CC=C)Cc2nc(-c3ccc(Cl)cc3)no2)c1. The van der Waals surface area contributed by atoms with Gasteiger partial charge in [-0.05, 0) is 42.5 Å². The van der Waals surface area contributed by atoms with Gasteiger partial charge in [0, 0.05) is 22.7 Å². The van der Waals surface area contributed by atoms with Crippen LogP contribution in [0, 0.1) is 0 Å². The number of benzene rings is 2. The highest BCUT2D eigenvalue weighted by Gasteiger charge is 2.19. The van der Waals surface area contributed by atoms with Gasteiger partial charge in [0.15, 0.2) is 0 Å². The number of hydrogen-bond donors (Lipinski definition) is 0. The minimum atomic E-state index is -0.194. The van der Waals surface area contributed by atoms with Crippen LogP contribution in [-0.4, -0.2) is 34.1 Å². The first-order valence-corrected chi connectivity index (χ1v) is 9.31. The second-order valence-corrected chi connectivity index (χ2v) is 6.56. The van der Waals surface area contributed by atoms with Crippen LogP contribution < -0.4 is 4.74 Å². The quantitative estimate of drug-likeness (QED) is 0.475. The number of aromatic nitrogens is 2. The van der Waals surface area contributed by atoms with E-state index < -0.39 is 0 Å². The van der Waals surface area contributed by atoms with Crippen molar-refractivity contribution in [2.75, 3.05) is 13.2 Å². The summed E-state index contributed by atoms with van der Waals surface area (Å²) in [6.45, 7) is 8.20. The van der Waals surface area contributed by atoms with E-state index in [0.29, 0.717) is 41.2 Å². The second-order valence-electron chi connectivity index (χ2n) is 6.12. The van der Waals surface area contributed by atoms with Crippen molar-refractivity contribution < 1.29 is 14.1 Å². The summed E-state index contributed by atoms with van der Waals surface area (Å²) in [5.74, 6) is 1.16. The molecule has 0 saturated carbocycles. The number of rotatable bonds is 9. The minimum absolute atomic E-state index is 0.156. The van der Waals surface area contributed by atoms with Crippen LogP contribution in [0.1, 0.15) is 16.2 Å². The summed E-state index contributed by atoms with van der Waals surface area (Å²) >= 11 is 5.91. The molecule has 0 spiro atoms. The van der Waals surface area contributed by atoms with Crippen LogP contribution in [-0.2, 0) is 6.54 Å². The van der Waals surface area contributed by atoms with E-state index in [1.165, 1.54) is 0 Å². The van der Waals surface area contributed by atoms with E-state index in [4.69, 9.17) is 20.9 Å². The molecule has 0 radical (unpaired) electrons. The summed E-state index contributed by atoms with van der Waals surface area (Å²) in [6.07, 6.45) is 3.29. The predicted molar refractivity (Wildman–Crippen MR) is 112 cm³/mol. The molecule has 0 fully saturated rings. The zero-order valence-corrected chi connectivity index (χ0v) is 16.5. The summed E-state index contributed by atoms with van der Waals surface area (Å²) in [6, 6.07) is 14.1. The van der Waals surface area contributed by atoms with Crippen LogP contribution in [0.25, 0.3) is 11.4 Å². The van der Waals surface area contributed by atoms with Crippen LogP contribution in [0.2, 0.25) is 5.02 Å². The standard InChI is InChI=1S/C22H20ClN3O3/c1-3-12-26(22(27)17-6-5-7-19(14-17)28-13-4-2)15-20-24-21(25-29-20)16-8-10-18(23)11-9-16/h3-11,14H,1-2,12-13,15H2. The number of halogens is 1. The maximum atomic E-state index is 13.0. The Morgan fingerprint density at radius 2 is 1.97 bits per heavy atom. The van der Waals surface area contributed by atoms with Crippen molar-refractivity contribution in [2.45, 2.75) is 6.54 Å². The summed E-state index contributed by atoms with van der Waals surface area (Å²) in [5, 5.41) is 4.61. The van der Waals surface area contributed by atoms with Crippen molar-refractivity contribution in [2.24, 2.45) is 0 Å². The van der Waals surface area contributed by atoms with Gasteiger partial charge in [-0.2, -0.15) is 4.98 Å². The molecule has 3 rings (SSSR count). The van der Waals surface area contributed by atoms with Gasteiger partial charge in [0.1, 0.15) is 18.9 Å². The number of amides is 1. The van der Waals surface area contributed by atoms with Gasteiger partial charge in [-0.15, -0.1) is 6.58 Å². The van der Waals surface area contributed by atoms with Crippen LogP contribution >= 0.6 is 11.6 Å². The lowest BCUT2D eigenvalue weighted by Gasteiger charge is -2.19. The van der Waals surface area contributed by atoms with Crippen LogP contribution in [0.4, 0.5) is 0 Å². The molecule has 0 aliphatic rings.